The summed E-state index contributed by atoms with van der Waals surface area (Å²) in [5.41, 5.74) is 0. The van der Waals surface area contributed by atoms with Gasteiger partial charge in [0.1, 0.15) is 5.75 Å². The van der Waals surface area contributed by atoms with Crippen molar-refractivity contribution in [3.8, 4) is 5.75 Å². The van der Waals surface area contributed by atoms with Crippen LogP contribution in [-0.4, -0.2) is 19.2 Å². The van der Waals surface area contributed by atoms with E-state index in [0.717, 1.165) is 17.3 Å². The fraction of sp³-hybridized carbons (Fsp3) is 0.417. The first kappa shape index (κ1) is 13.0. The van der Waals surface area contributed by atoms with Crippen LogP contribution in [0.1, 0.15) is 19.8 Å². The largest absolute Gasteiger partial charge is 0.482 e. The van der Waals surface area contributed by atoms with E-state index in [1.165, 1.54) is 0 Å². The molecule has 0 aromatic heterocycles. The lowest BCUT2D eigenvalue weighted by molar-refractivity contribution is -0.146. The second-order valence-corrected chi connectivity index (χ2v) is 4.23. The minimum atomic E-state index is -0.323. The van der Waals surface area contributed by atoms with E-state index in [1.807, 2.05) is 19.1 Å². The summed E-state index contributed by atoms with van der Waals surface area (Å²) >= 11 is 3.32. The van der Waals surface area contributed by atoms with Gasteiger partial charge in [-0.15, -0.1) is 0 Å². The van der Waals surface area contributed by atoms with Gasteiger partial charge in [0.15, 0.2) is 6.61 Å². The first-order chi connectivity index (χ1) is 7.72. The van der Waals surface area contributed by atoms with Crippen molar-refractivity contribution in [3.63, 3.8) is 0 Å². The van der Waals surface area contributed by atoms with E-state index in [4.69, 9.17) is 9.47 Å². The normalized spacial score (nSPS) is 9.88. The van der Waals surface area contributed by atoms with Crippen LogP contribution in [0.15, 0.2) is 28.7 Å². The number of benzene rings is 1. The Balaban J connectivity index is 2.23. The highest BCUT2D eigenvalue weighted by Gasteiger charge is 2.03. The van der Waals surface area contributed by atoms with Gasteiger partial charge in [-0.1, -0.05) is 29.3 Å². The fourth-order valence-electron chi connectivity index (χ4n) is 1.05. The predicted molar refractivity (Wildman–Crippen MR) is 65.5 cm³/mol. The number of hydrogen-bond donors (Lipinski definition) is 0. The summed E-state index contributed by atoms with van der Waals surface area (Å²) in [6, 6.07) is 7.31. The summed E-state index contributed by atoms with van der Waals surface area (Å²) < 4.78 is 11.2. The van der Waals surface area contributed by atoms with Crippen LogP contribution in [0.3, 0.4) is 0 Å². The summed E-state index contributed by atoms with van der Waals surface area (Å²) in [7, 11) is 0. The number of rotatable bonds is 6. The maximum atomic E-state index is 11.2. The number of carbonyl (C=O) groups is 1. The Labute approximate surface area is 104 Å². The predicted octanol–water partition coefficient (Wildman–Crippen LogP) is 3.17. The van der Waals surface area contributed by atoms with E-state index < -0.39 is 0 Å². The number of carbonyl (C=O) groups excluding carboxylic acids is 1. The molecule has 0 aliphatic carbocycles. The molecule has 0 amide bonds. The molecule has 0 bridgehead atoms. The molecule has 0 aliphatic heterocycles. The molecular weight excluding hydrogens is 272 g/mol. The van der Waals surface area contributed by atoms with Gasteiger partial charge in [0, 0.05) is 4.47 Å². The van der Waals surface area contributed by atoms with Crippen LogP contribution in [0.4, 0.5) is 0 Å². The third-order valence-electron chi connectivity index (χ3n) is 1.93. The molecule has 0 heterocycles. The zero-order valence-electron chi connectivity index (χ0n) is 9.24. The molecule has 0 spiro atoms. The number of halogens is 1. The van der Waals surface area contributed by atoms with Crippen molar-refractivity contribution in [2.75, 3.05) is 13.2 Å². The Morgan fingerprint density at radius 3 is 2.62 bits per heavy atom. The lowest BCUT2D eigenvalue weighted by atomic mass is 10.3. The van der Waals surface area contributed by atoms with Gasteiger partial charge in [-0.3, -0.25) is 0 Å². The van der Waals surface area contributed by atoms with Gasteiger partial charge in [-0.2, -0.15) is 0 Å². The van der Waals surface area contributed by atoms with E-state index in [9.17, 15) is 4.79 Å². The lowest BCUT2D eigenvalue weighted by Crippen LogP contribution is -2.15. The molecular formula is C12H15BrO3. The third-order valence-corrected chi connectivity index (χ3v) is 2.46. The van der Waals surface area contributed by atoms with E-state index >= 15 is 0 Å². The second-order valence-electron chi connectivity index (χ2n) is 3.32. The molecule has 1 rings (SSSR count). The highest BCUT2D eigenvalue weighted by atomic mass is 79.9. The van der Waals surface area contributed by atoms with Crippen molar-refractivity contribution >= 4 is 21.9 Å². The van der Waals surface area contributed by atoms with E-state index in [0.29, 0.717) is 12.4 Å². The van der Waals surface area contributed by atoms with Gasteiger partial charge in [-0.25, -0.2) is 4.79 Å². The Morgan fingerprint density at radius 2 is 2.00 bits per heavy atom. The molecule has 0 N–H and O–H groups in total. The molecule has 0 aliphatic rings. The number of unbranched alkanes of at least 4 members (excludes halogenated alkanes) is 1. The Morgan fingerprint density at radius 1 is 1.31 bits per heavy atom. The summed E-state index contributed by atoms with van der Waals surface area (Å²) in [4.78, 5) is 11.2. The zero-order valence-corrected chi connectivity index (χ0v) is 10.8. The van der Waals surface area contributed by atoms with Crippen LogP contribution >= 0.6 is 15.9 Å². The molecule has 0 unspecified atom stereocenters. The van der Waals surface area contributed by atoms with Crippen molar-refractivity contribution in [1.29, 1.82) is 0 Å². The average Bonchev–Trinajstić information content (AvgIpc) is 2.29. The van der Waals surface area contributed by atoms with Crippen LogP contribution < -0.4 is 4.74 Å². The molecule has 0 radical (unpaired) electrons. The average molecular weight is 287 g/mol. The first-order valence-electron chi connectivity index (χ1n) is 5.26. The molecule has 16 heavy (non-hydrogen) atoms. The number of esters is 1. The van der Waals surface area contributed by atoms with E-state index in [-0.39, 0.29) is 12.6 Å². The molecule has 4 heteroatoms. The van der Waals surface area contributed by atoms with E-state index in [2.05, 4.69) is 15.9 Å². The van der Waals surface area contributed by atoms with Crippen molar-refractivity contribution < 1.29 is 14.3 Å². The monoisotopic (exact) mass is 286 g/mol. The van der Waals surface area contributed by atoms with Gasteiger partial charge >= 0.3 is 5.97 Å². The van der Waals surface area contributed by atoms with Crippen LogP contribution in [0.2, 0.25) is 0 Å². The Bertz CT molecular complexity index is 322. The summed E-state index contributed by atoms with van der Waals surface area (Å²) in [6.45, 7) is 2.48. The summed E-state index contributed by atoms with van der Waals surface area (Å²) in [5.74, 6) is 0.340. The van der Waals surface area contributed by atoms with Gasteiger partial charge in [0.2, 0.25) is 0 Å². The topological polar surface area (TPSA) is 35.5 Å². The van der Waals surface area contributed by atoms with Crippen LogP contribution in [-0.2, 0) is 9.53 Å². The van der Waals surface area contributed by atoms with Crippen molar-refractivity contribution in [2.45, 2.75) is 19.8 Å². The third kappa shape index (κ3) is 5.16. The first-order valence-corrected chi connectivity index (χ1v) is 6.05. The van der Waals surface area contributed by atoms with Crippen LogP contribution in [0, 0.1) is 0 Å². The maximum absolute atomic E-state index is 11.2. The molecule has 1 aromatic carbocycles. The van der Waals surface area contributed by atoms with Gasteiger partial charge in [0.05, 0.1) is 6.61 Å². The number of hydrogen-bond acceptors (Lipinski definition) is 3. The number of ether oxygens (including phenoxy) is 2. The van der Waals surface area contributed by atoms with Crippen LogP contribution in [0.25, 0.3) is 0 Å². The minimum Gasteiger partial charge on any atom is -0.482 e. The molecule has 0 saturated carbocycles. The fourth-order valence-corrected chi connectivity index (χ4v) is 1.31. The molecule has 3 nitrogen and oxygen atoms in total. The second kappa shape index (κ2) is 7.28. The maximum Gasteiger partial charge on any atom is 0.344 e. The van der Waals surface area contributed by atoms with Crippen LogP contribution in [0.5, 0.6) is 5.75 Å². The van der Waals surface area contributed by atoms with Gasteiger partial charge in [0.25, 0.3) is 0 Å². The standard InChI is InChI=1S/C12H15BrO3/c1-2-3-8-15-12(14)9-16-11-6-4-10(13)5-7-11/h4-7H,2-3,8-9H2,1H3. The van der Waals surface area contributed by atoms with Gasteiger partial charge in [-0.05, 0) is 30.7 Å². The SMILES string of the molecule is CCCCOC(=O)COc1ccc(Br)cc1. The molecule has 88 valence electrons. The molecule has 1 aromatic rings. The smallest absolute Gasteiger partial charge is 0.344 e. The highest BCUT2D eigenvalue weighted by molar-refractivity contribution is 9.10. The highest BCUT2D eigenvalue weighted by Crippen LogP contribution is 2.15. The molecule has 0 atom stereocenters. The van der Waals surface area contributed by atoms with Crippen molar-refractivity contribution in [2.24, 2.45) is 0 Å². The van der Waals surface area contributed by atoms with Gasteiger partial charge < -0.3 is 9.47 Å². The Kier molecular flexibility index (Phi) is 5.93. The van der Waals surface area contributed by atoms with Crippen molar-refractivity contribution in [3.05, 3.63) is 28.7 Å². The summed E-state index contributed by atoms with van der Waals surface area (Å²) in [5, 5.41) is 0. The zero-order chi connectivity index (χ0) is 11.8. The minimum absolute atomic E-state index is 0.0364. The Hall–Kier alpha value is -1.03. The van der Waals surface area contributed by atoms with E-state index in [1.54, 1.807) is 12.1 Å². The quantitative estimate of drug-likeness (QED) is 0.595. The van der Waals surface area contributed by atoms with Crippen molar-refractivity contribution in [1.82, 2.24) is 0 Å². The molecule has 0 fully saturated rings. The molecule has 0 saturated heterocycles. The lowest BCUT2D eigenvalue weighted by Gasteiger charge is -2.06. The summed E-state index contributed by atoms with van der Waals surface area (Å²) in [6.07, 6.45) is 1.91.